The Balaban J connectivity index is 1.96. The lowest BCUT2D eigenvalue weighted by atomic mass is 9.98. The number of aromatic nitrogens is 1. The van der Waals surface area contributed by atoms with Crippen LogP contribution in [0.5, 0.6) is 0 Å². The number of morpholine rings is 1. The van der Waals surface area contributed by atoms with Crippen LogP contribution >= 0.6 is 11.3 Å². The molecule has 0 saturated carbocycles. The van der Waals surface area contributed by atoms with E-state index in [-0.39, 0.29) is 5.41 Å². The summed E-state index contributed by atoms with van der Waals surface area (Å²) in [5.41, 5.74) is 2.54. The number of nitrogens with zero attached hydrogens (tertiary/aromatic N) is 2. The summed E-state index contributed by atoms with van der Waals surface area (Å²) in [4.78, 5) is 7.13. The second-order valence-electron chi connectivity index (χ2n) is 6.02. The van der Waals surface area contributed by atoms with Crippen molar-refractivity contribution in [3.8, 4) is 0 Å². The first-order chi connectivity index (χ1) is 9.04. The van der Waals surface area contributed by atoms with Crippen molar-refractivity contribution in [3.63, 3.8) is 0 Å². The summed E-state index contributed by atoms with van der Waals surface area (Å²) in [6, 6.07) is 6.60. The molecule has 2 heterocycles. The maximum absolute atomic E-state index is 5.41. The molecule has 1 aliphatic rings. The van der Waals surface area contributed by atoms with Gasteiger partial charge in [-0.25, -0.2) is 4.98 Å². The molecule has 1 saturated heterocycles. The van der Waals surface area contributed by atoms with Gasteiger partial charge in [-0.2, -0.15) is 0 Å². The monoisotopic (exact) mass is 276 g/mol. The first kappa shape index (κ1) is 12.9. The van der Waals surface area contributed by atoms with Gasteiger partial charge < -0.3 is 9.64 Å². The number of rotatable bonds is 1. The Labute approximate surface area is 118 Å². The standard InChI is InChI=1S/C15H20N2OS/c1-15(2,3)14-16-12-5-4-11(10-13(12)19-14)17-6-8-18-9-7-17/h4-5,10H,6-9H2,1-3H3. The number of benzene rings is 1. The third kappa shape index (κ3) is 2.60. The molecule has 19 heavy (non-hydrogen) atoms. The van der Waals surface area contributed by atoms with E-state index in [1.165, 1.54) is 15.4 Å². The smallest absolute Gasteiger partial charge is 0.0992 e. The van der Waals surface area contributed by atoms with Gasteiger partial charge in [-0.1, -0.05) is 20.8 Å². The fourth-order valence-electron chi connectivity index (χ4n) is 2.25. The topological polar surface area (TPSA) is 25.4 Å². The lowest BCUT2D eigenvalue weighted by Gasteiger charge is -2.28. The SMILES string of the molecule is CC(C)(C)c1nc2ccc(N3CCOCC3)cc2s1. The van der Waals surface area contributed by atoms with Gasteiger partial charge in [0.15, 0.2) is 0 Å². The van der Waals surface area contributed by atoms with Crippen molar-refractivity contribution in [2.75, 3.05) is 31.2 Å². The highest BCUT2D eigenvalue weighted by atomic mass is 32.1. The zero-order chi connectivity index (χ0) is 13.5. The van der Waals surface area contributed by atoms with Crippen LogP contribution in [-0.4, -0.2) is 31.3 Å². The van der Waals surface area contributed by atoms with Crippen molar-refractivity contribution >= 4 is 27.2 Å². The van der Waals surface area contributed by atoms with E-state index in [9.17, 15) is 0 Å². The third-order valence-corrected chi connectivity index (χ3v) is 4.83. The number of fused-ring (bicyclic) bond motifs is 1. The molecule has 0 aliphatic carbocycles. The second-order valence-corrected chi connectivity index (χ2v) is 7.05. The zero-order valence-corrected chi connectivity index (χ0v) is 12.6. The number of thiazole rings is 1. The average Bonchev–Trinajstić information content (AvgIpc) is 2.82. The van der Waals surface area contributed by atoms with Crippen molar-refractivity contribution in [3.05, 3.63) is 23.2 Å². The van der Waals surface area contributed by atoms with E-state index in [4.69, 9.17) is 9.72 Å². The highest BCUT2D eigenvalue weighted by molar-refractivity contribution is 7.18. The Morgan fingerprint density at radius 1 is 1.21 bits per heavy atom. The Bertz CT molecular complexity index is 579. The van der Waals surface area contributed by atoms with Gasteiger partial charge in [0.1, 0.15) is 0 Å². The van der Waals surface area contributed by atoms with Gasteiger partial charge in [-0.05, 0) is 18.2 Å². The molecule has 1 aromatic heterocycles. The minimum Gasteiger partial charge on any atom is -0.378 e. The van der Waals surface area contributed by atoms with Crippen LogP contribution in [0.2, 0.25) is 0 Å². The van der Waals surface area contributed by atoms with Gasteiger partial charge in [0.05, 0.1) is 28.4 Å². The molecule has 0 amide bonds. The minimum atomic E-state index is 0.128. The minimum absolute atomic E-state index is 0.128. The van der Waals surface area contributed by atoms with Gasteiger partial charge in [-0.15, -0.1) is 11.3 Å². The van der Waals surface area contributed by atoms with Gasteiger partial charge in [0.25, 0.3) is 0 Å². The number of anilines is 1. The predicted molar refractivity (Wildman–Crippen MR) is 81.4 cm³/mol. The molecule has 0 atom stereocenters. The summed E-state index contributed by atoms with van der Waals surface area (Å²) in [5, 5.41) is 1.21. The molecular formula is C15H20N2OS. The van der Waals surface area contributed by atoms with E-state index in [0.717, 1.165) is 31.8 Å². The number of hydrogen-bond acceptors (Lipinski definition) is 4. The van der Waals surface area contributed by atoms with E-state index < -0.39 is 0 Å². The van der Waals surface area contributed by atoms with Crippen LogP contribution in [0, 0.1) is 0 Å². The summed E-state index contributed by atoms with van der Waals surface area (Å²) in [6.07, 6.45) is 0. The Hall–Kier alpha value is -1.13. The lowest BCUT2D eigenvalue weighted by molar-refractivity contribution is 0.122. The molecule has 102 valence electrons. The molecule has 1 aromatic carbocycles. The molecule has 1 fully saturated rings. The fraction of sp³-hybridized carbons (Fsp3) is 0.533. The van der Waals surface area contributed by atoms with Crippen LogP contribution < -0.4 is 4.90 Å². The second kappa shape index (κ2) is 4.76. The number of hydrogen-bond donors (Lipinski definition) is 0. The van der Waals surface area contributed by atoms with Crippen LogP contribution in [-0.2, 0) is 10.2 Å². The van der Waals surface area contributed by atoms with Crippen molar-refractivity contribution in [2.24, 2.45) is 0 Å². The highest BCUT2D eigenvalue weighted by Crippen LogP contribution is 2.33. The van der Waals surface area contributed by atoms with E-state index in [2.05, 4.69) is 43.9 Å². The normalized spacial score (nSPS) is 17.1. The Morgan fingerprint density at radius 3 is 2.63 bits per heavy atom. The van der Waals surface area contributed by atoms with Gasteiger partial charge in [0, 0.05) is 24.2 Å². The fourth-order valence-corrected chi connectivity index (χ4v) is 3.31. The summed E-state index contributed by atoms with van der Waals surface area (Å²) in [5.74, 6) is 0. The van der Waals surface area contributed by atoms with Crippen LogP contribution in [0.1, 0.15) is 25.8 Å². The van der Waals surface area contributed by atoms with E-state index >= 15 is 0 Å². The van der Waals surface area contributed by atoms with Crippen molar-refractivity contribution in [1.29, 1.82) is 0 Å². The van der Waals surface area contributed by atoms with E-state index in [0.29, 0.717) is 0 Å². The summed E-state index contributed by atoms with van der Waals surface area (Å²) >= 11 is 1.81. The zero-order valence-electron chi connectivity index (χ0n) is 11.8. The van der Waals surface area contributed by atoms with Gasteiger partial charge >= 0.3 is 0 Å². The summed E-state index contributed by atoms with van der Waals surface area (Å²) < 4.78 is 6.69. The third-order valence-electron chi connectivity index (χ3n) is 3.39. The molecule has 3 rings (SSSR count). The largest absolute Gasteiger partial charge is 0.378 e. The molecule has 1 aliphatic heterocycles. The van der Waals surface area contributed by atoms with Crippen LogP contribution in [0.25, 0.3) is 10.2 Å². The molecule has 3 nitrogen and oxygen atoms in total. The summed E-state index contributed by atoms with van der Waals surface area (Å²) in [7, 11) is 0. The quantitative estimate of drug-likeness (QED) is 0.798. The van der Waals surface area contributed by atoms with Gasteiger partial charge in [-0.3, -0.25) is 0 Å². The molecular weight excluding hydrogens is 256 g/mol. The van der Waals surface area contributed by atoms with E-state index in [1.807, 2.05) is 11.3 Å². The first-order valence-corrected chi connectivity index (χ1v) is 7.59. The number of ether oxygens (including phenoxy) is 1. The predicted octanol–water partition coefficient (Wildman–Crippen LogP) is 3.43. The lowest BCUT2D eigenvalue weighted by Crippen LogP contribution is -2.36. The molecule has 0 N–H and O–H groups in total. The molecule has 0 radical (unpaired) electrons. The summed E-state index contributed by atoms with van der Waals surface area (Å²) in [6.45, 7) is 10.3. The molecule has 4 heteroatoms. The Kier molecular flexibility index (Phi) is 3.23. The Morgan fingerprint density at radius 2 is 1.95 bits per heavy atom. The van der Waals surface area contributed by atoms with Gasteiger partial charge in [0.2, 0.25) is 0 Å². The molecule has 0 bridgehead atoms. The van der Waals surface area contributed by atoms with Crippen LogP contribution in [0.4, 0.5) is 5.69 Å². The maximum Gasteiger partial charge on any atom is 0.0992 e. The molecule has 0 unspecified atom stereocenters. The van der Waals surface area contributed by atoms with Crippen molar-refractivity contribution in [2.45, 2.75) is 26.2 Å². The van der Waals surface area contributed by atoms with E-state index in [1.54, 1.807) is 0 Å². The van der Waals surface area contributed by atoms with Crippen molar-refractivity contribution in [1.82, 2.24) is 4.98 Å². The maximum atomic E-state index is 5.41. The first-order valence-electron chi connectivity index (χ1n) is 6.78. The molecule has 0 spiro atoms. The van der Waals surface area contributed by atoms with Crippen LogP contribution in [0.15, 0.2) is 18.2 Å². The van der Waals surface area contributed by atoms with Crippen molar-refractivity contribution < 1.29 is 4.74 Å². The van der Waals surface area contributed by atoms with Crippen LogP contribution in [0.3, 0.4) is 0 Å². The molecule has 2 aromatic rings. The highest BCUT2D eigenvalue weighted by Gasteiger charge is 2.19. The average molecular weight is 276 g/mol.